The highest BCUT2D eigenvalue weighted by atomic mass is 79.9. The van der Waals surface area contributed by atoms with Crippen LogP contribution in [0.2, 0.25) is 0 Å². The summed E-state index contributed by atoms with van der Waals surface area (Å²) < 4.78 is 2.52. The monoisotopic (exact) mass is 261 g/mol. The quantitative estimate of drug-likeness (QED) is 0.851. The van der Waals surface area contributed by atoms with E-state index >= 15 is 0 Å². The molecule has 0 fully saturated rings. The Morgan fingerprint density at radius 2 is 2.36 bits per heavy atom. The van der Waals surface area contributed by atoms with Gasteiger partial charge in [0.15, 0.2) is 0 Å². The van der Waals surface area contributed by atoms with E-state index in [0.717, 1.165) is 16.7 Å². The van der Waals surface area contributed by atoms with E-state index in [9.17, 15) is 5.11 Å². The van der Waals surface area contributed by atoms with Gasteiger partial charge in [-0.05, 0) is 29.4 Å². The summed E-state index contributed by atoms with van der Waals surface area (Å²) >= 11 is 3.37. The number of hydrogen-bond acceptors (Lipinski definition) is 3. The van der Waals surface area contributed by atoms with Gasteiger partial charge in [0.1, 0.15) is 5.60 Å². The maximum absolute atomic E-state index is 10.2. The van der Waals surface area contributed by atoms with Gasteiger partial charge in [0, 0.05) is 13.6 Å². The van der Waals surface area contributed by atoms with Crippen molar-refractivity contribution in [2.75, 3.05) is 13.1 Å². The van der Waals surface area contributed by atoms with Crippen LogP contribution in [0.1, 0.15) is 19.5 Å². The molecule has 14 heavy (non-hydrogen) atoms. The average molecular weight is 262 g/mol. The number of aromatic nitrogens is 2. The first-order chi connectivity index (χ1) is 6.49. The molecule has 4 nitrogen and oxygen atoms in total. The molecule has 0 saturated heterocycles. The van der Waals surface area contributed by atoms with Crippen molar-refractivity contribution in [2.24, 2.45) is 7.05 Å². The van der Waals surface area contributed by atoms with E-state index in [1.165, 1.54) is 0 Å². The Kier molecular flexibility index (Phi) is 3.69. The van der Waals surface area contributed by atoms with Gasteiger partial charge in [-0.15, -0.1) is 0 Å². The lowest BCUT2D eigenvalue weighted by Crippen LogP contribution is -2.37. The van der Waals surface area contributed by atoms with Gasteiger partial charge in [0.2, 0.25) is 0 Å². The van der Waals surface area contributed by atoms with Crippen LogP contribution in [0.4, 0.5) is 0 Å². The van der Waals surface area contributed by atoms with E-state index in [4.69, 9.17) is 0 Å². The first-order valence-corrected chi connectivity index (χ1v) is 5.39. The maximum atomic E-state index is 10.2. The van der Waals surface area contributed by atoms with Crippen molar-refractivity contribution in [1.29, 1.82) is 0 Å². The topological polar surface area (TPSA) is 50.1 Å². The van der Waals surface area contributed by atoms with Crippen LogP contribution in [0.25, 0.3) is 0 Å². The lowest BCUT2D eigenvalue weighted by Gasteiger charge is -2.24. The molecule has 80 valence electrons. The number of nitrogens with one attached hydrogen (secondary N) is 1. The largest absolute Gasteiger partial charge is 0.382 e. The number of hydrogen-bond donors (Lipinski definition) is 2. The van der Waals surface area contributed by atoms with Crippen LogP contribution in [0, 0.1) is 0 Å². The molecule has 0 aliphatic carbocycles. The Balaban J connectivity index is 2.90. The predicted molar refractivity (Wildman–Crippen MR) is 59.0 cm³/mol. The van der Waals surface area contributed by atoms with E-state index in [-0.39, 0.29) is 0 Å². The SMILES string of the molecule is CCNCC(C)(O)c1c(Br)cnn1C. The molecular formula is C9H16BrN3O. The maximum Gasteiger partial charge on any atom is 0.117 e. The smallest absolute Gasteiger partial charge is 0.117 e. The van der Waals surface area contributed by atoms with Gasteiger partial charge in [-0.2, -0.15) is 5.10 Å². The van der Waals surface area contributed by atoms with Gasteiger partial charge in [-0.25, -0.2) is 0 Å². The molecule has 1 atom stereocenters. The third-order valence-corrected chi connectivity index (χ3v) is 2.70. The summed E-state index contributed by atoms with van der Waals surface area (Å²) in [6.07, 6.45) is 1.69. The second kappa shape index (κ2) is 4.42. The molecule has 0 radical (unpaired) electrons. The fourth-order valence-electron chi connectivity index (χ4n) is 1.47. The highest BCUT2D eigenvalue weighted by Gasteiger charge is 2.28. The van der Waals surface area contributed by atoms with Crippen LogP contribution in [0.3, 0.4) is 0 Å². The molecule has 1 rings (SSSR count). The highest BCUT2D eigenvalue weighted by molar-refractivity contribution is 9.10. The fraction of sp³-hybridized carbons (Fsp3) is 0.667. The van der Waals surface area contributed by atoms with Crippen LogP contribution in [0.15, 0.2) is 10.7 Å². The summed E-state index contributed by atoms with van der Waals surface area (Å²) in [5.41, 5.74) is -0.112. The molecule has 1 aromatic rings. The average Bonchev–Trinajstić information content (AvgIpc) is 2.43. The Morgan fingerprint density at radius 1 is 1.71 bits per heavy atom. The summed E-state index contributed by atoms with van der Waals surface area (Å²) in [4.78, 5) is 0. The summed E-state index contributed by atoms with van der Waals surface area (Å²) in [7, 11) is 1.82. The van der Waals surface area contributed by atoms with E-state index in [1.54, 1.807) is 17.8 Å². The first-order valence-electron chi connectivity index (χ1n) is 4.60. The molecular weight excluding hydrogens is 246 g/mol. The van der Waals surface area contributed by atoms with Crippen molar-refractivity contribution < 1.29 is 5.11 Å². The van der Waals surface area contributed by atoms with Crippen LogP contribution < -0.4 is 5.32 Å². The van der Waals surface area contributed by atoms with Crippen LogP contribution in [-0.2, 0) is 12.6 Å². The standard InChI is InChI=1S/C9H16BrN3O/c1-4-11-6-9(2,14)8-7(10)5-12-13(8)3/h5,11,14H,4,6H2,1-3H3. The Bertz CT molecular complexity index is 290. The van der Waals surface area contributed by atoms with Crippen molar-refractivity contribution in [3.05, 3.63) is 16.4 Å². The third kappa shape index (κ3) is 2.34. The van der Waals surface area contributed by atoms with Gasteiger partial charge in [0.25, 0.3) is 0 Å². The number of nitrogens with zero attached hydrogens (tertiary/aromatic N) is 2. The summed E-state index contributed by atoms with van der Waals surface area (Å²) in [6.45, 7) is 5.14. The predicted octanol–water partition coefficient (Wildman–Crippen LogP) is 1.000. The Labute approximate surface area is 92.4 Å². The van der Waals surface area contributed by atoms with Crippen LogP contribution in [0.5, 0.6) is 0 Å². The van der Waals surface area contributed by atoms with E-state index < -0.39 is 5.60 Å². The lowest BCUT2D eigenvalue weighted by molar-refractivity contribution is 0.0484. The molecule has 1 heterocycles. The molecule has 1 unspecified atom stereocenters. The van der Waals surface area contributed by atoms with Gasteiger partial charge in [-0.3, -0.25) is 4.68 Å². The Hall–Kier alpha value is -0.390. The van der Waals surface area contributed by atoms with Gasteiger partial charge >= 0.3 is 0 Å². The minimum atomic E-state index is -0.903. The van der Waals surface area contributed by atoms with E-state index in [0.29, 0.717) is 6.54 Å². The minimum Gasteiger partial charge on any atom is -0.382 e. The van der Waals surface area contributed by atoms with Crippen molar-refractivity contribution in [3.63, 3.8) is 0 Å². The van der Waals surface area contributed by atoms with Crippen molar-refractivity contribution in [2.45, 2.75) is 19.4 Å². The number of rotatable bonds is 4. The molecule has 5 heteroatoms. The van der Waals surface area contributed by atoms with Gasteiger partial charge < -0.3 is 10.4 Å². The minimum absolute atomic E-state index is 0.516. The second-order valence-electron chi connectivity index (χ2n) is 3.52. The summed E-state index contributed by atoms with van der Waals surface area (Å²) in [5.74, 6) is 0. The summed E-state index contributed by atoms with van der Waals surface area (Å²) in [6, 6.07) is 0. The molecule has 0 aliphatic heterocycles. The third-order valence-electron chi connectivity index (χ3n) is 2.12. The molecule has 0 aliphatic rings. The number of halogens is 1. The summed E-state index contributed by atoms with van der Waals surface area (Å²) in [5, 5.41) is 17.4. The normalized spacial score (nSPS) is 15.5. The Morgan fingerprint density at radius 3 is 2.79 bits per heavy atom. The van der Waals surface area contributed by atoms with Gasteiger partial charge in [-0.1, -0.05) is 6.92 Å². The fourth-order valence-corrected chi connectivity index (χ4v) is 2.24. The van der Waals surface area contributed by atoms with E-state index in [1.807, 2.05) is 14.0 Å². The molecule has 0 saturated carbocycles. The molecule has 0 aromatic carbocycles. The molecule has 0 bridgehead atoms. The second-order valence-corrected chi connectivity index (χ2v) is 4.37. The van der Waals surface area contributed by atoms with E-state index in [2.05, 4.69) is 26.3 Å². The van der Waals surface area contributed by atoms with Crippen molar-refractivity contribution >= 4 is 15.9 Å². The molecule has 0 spiro atoms. The van der Waals surface area contributed by atoms with Gasteiger partial charge in [0.05, 0.1) is 16.4 Å². The number of likely N-dealkylation sites (N-methyl/N-ethyl adjacent to an activating group) is 1. The molecule has 0 amide bonds. The van der Waals surface area contributed by atoms with Crippen molar-refractivity contribution in [1.82, 2.24) is 15.1 Å². The number of aryl methyl sites for hydroxylation is 1. The number of aliphatic hydroxyl groups is 1. The first kappa shape index (κ1) is 11.7. The van der Waals surface area contributed by atoms with Crippen LogP contribution >= 0.6 is 15.9 Å². The zero-order chi connectivity index (χ0) is 10.8. The molecule has 2 N–H and O–H groups in total. The molecule has 1 aromatic heterocycles. The lowest BCUT2D eigenvalue weighted by atomic mass is 10.0. The van der Waals surface area contributed by atoms with Crippen LogP contribution in [-0.4, -0.2) is 28.0 Å². The van der Waals surface area contributed by atoms with Crippen molar-refractivity contribution in [3.8, 4) is 0 Å². The highest BCUT2D eigenvalue weighted by Crippen LogP contribution is 2.26. The zero-order valence-corrected chi connectivity index (χ0v) is 10.3. The zero-order valence-electron chi connectivity index (χ0n) is 8.71.